The number of hydrogen-bond donors (Lipinski definition) is 0. The second-order valence-electron chi connectivity index (χ2n) is 11.7. The summed E-state index contributed by atoms with van der Waals surface area (Å²) >= 11 is 0. The first-order chi connectivity index (χ1) is 25.3. The molecule has 0 amide bonds. The average molecular weight is 805 g/mol. The molecule has 0 N–H and O–H groups in total. The molecule has 5 aromatic heterocycles. The van der Waals surface area contributed by atoms with E-state index in [9.17, 15) is 0 Å². The first-order valence-electron chi connectivity index (χ1n) is 18.9. The van der Waals surface area contributed by atoms with Crippen LogP contribution in [0.2, 0.25) is 19.6 Å². The van der Waals surface area contributed by atoms with Crippen LogP contribution in [0, 0.1) is 32.8 Å². The molecule has 0 aliphatic heterocycles. The first kappa shape index (κ1) is 22.2. The van der Waals surface area contributed by atoms with Gasteiger partial charge in [-0.1, -0.05) is 74.0 Å². The number of benzene rings is 3. The monoisotopic (exact) mass is 805 g/mol. The first-order valence-corrected chi connectivity index (χ1v) is 17.9. The smallest absolute Gasteiger partial charge is 0.145 e. The fourth-order valence-corrected chi connectivity index (χ4v) is 6.34. The minimum atomic E-state index is -2.75. The second-order valence-corrected chi connectivity index (χ2v) is 16.8. The van der Waals surface area contributed by atoms with E-state index in [4.69, 9.17) is 21.2 Å². The maximum absolute atomic E-state index is 8.10. The van der Waals surface area contributed by atoms with Gasteiger partial charge in [0.15, 0.2) is 0 Å². The van der Waals surface area contributed by atoms with Crippen molar-refractivity contribution in [3.63, 3.8) is 0 Å². The fraction of sp³-hybridized carbons (Fsp3) is 0.154. The van der Waals surface area contributed by atoms with Crippen molar-refractivity contribution in [1.82, 2.24) is 15.0 Å². The molecule has 1 radical (unpaired) electrons. The molecule has 3 aromatic carbocycles. The third-order valence-electron chi connectivity index (χ3n) is 7.72. The summed E-state index contributed by atoms with van der Waals surface area (Å²) in [7, 11) is -1.23. The molecule has 8 rings (SSSR count). The summed E-state index contributed by atoms with van der Waals surface area (Å²) in [5, 5.41) is 3.56. The Labute approximate surface area is 295 Å². The topological polar surface area (TPSA) is 65.0 Å². The van der Waals surface area contributed by atoms with Gasteiger partial charge in [-0.05, 0) is 71.3 Å². The van der Waals surface area contributed by atoms with Crippen molar-refractivity contribution < 1.29 is 41.3 Å². The van der Waals surface area contributed by atoms with Crippen LogP contribution < -0.4 is 5.19 Å². The maximum Gasteiger partial charge on any atom is 0.145 e. The molecule has 0 saturated carbocycles. The Balaban J connectivity index is 0.000000254. The normalized spacial score (nSPS) is 15.2. The van der Waals surface area contributed by atoms with Crippen molar-refractivity contribution in [2.24, 2.45) is 0 Å². The minimum Gasteiger partial charge on any atom is -0.500 e. The Morgan fingerprint density at radius 2 is 1.52 bits per heavy atom. The summed E-state index contributed by atoms with van der Waals surface area (Å²) in [6, 6.07) is 27.5. The summed E-state index contributed by atoms with van der Waals surface area (Å²) in [6.07, 6.45) is 5.66. The molecular weight excluding hydrogens is 763 g/mol. The van der Waals surface area contributed by atoms with Gasteiger partial charge < -0.3 is 23.8 Å². The Morgan fingerprint density at radius 1 is 0.717 bits per heavy atom. The van der Waals surface area contributed by atoms with Crippen LogP contribution in [-0.2, 0) is 20.1 Å². The second kappa shape index (κ2) is 12.4. The summed E-state index contributed by atoms with van der Waals surface area (Å²) in [6.45, 7) is -1.10. The fourth-order valence-electron chi connectivity index (χ4n) is 5.30. The SMILES string of the molecule is C[Si](C)(C)c1ccc(-c2[c-]cccc2)nc1.[2H]C([2H])([2H])c1cnc(-c2[c-]nc(C([2H])([2H])[2H])c3c2oc2ccc4c5ccccc5oc4c23)cc1C([2H])([2H])[2H].[Ir]. The number of aromatic nitrogens is 3. The molecular formula is C39H33IrN3O2Si-2. The molecule has 0 saturated heterocycles. The van der Waals surface area contributed by atoms with Crippen molar-refractivity contribution in [3.05, 3.63) is 120 Å². The van der Waals surface area contributed by atoms with Gasteiger partial charge in [0.1, 0.15) is 16.7 Å². The van der Waals surface area contributed by atoms with Crippen LogP contribution in [0.25, 0.3) is 66.4 Å². The van der Waals surface area contributed by atoms with Crippen molar-refractivity contribution >= 4 is 57.1 Å². The molecule has 0 bridgehead atoms. The molecule has 0 unspecified atom stereocenters. The molecule has 8 aromatic rings. The third kappa shape index (κ3) is 5.71. The van der Waals surface area contributed by atoms with Crippen LogP contribution in [0.5, 0.6) is 0 Å². The molecule has 0 aliphatic carbocycles. The molecule has 0 aliphatic rings. The van der Waals surface area contributed by atoms with Gasteiger partial charge in [0.2, 0.25) is 0 Å². The van der Waals surface area contributed by atoms with Gasteiger partial charge in [-0.15, -0.1) is 35.9 Å². The summed E-state index contributed by atoms with van der Waals surface area (Å²) < 4.78 is 83.4. The van der Waals surface area contributed by atoms with Gasteiger partial charge in [-0.3, -0.25) is 0 Å². The Hall–Kier alpha value is -4.42. The van der Waals surface area contributed by atoms with Crippen LogP contribution in [0.4, 0.5) is 0 Å². The van der Waals surface area contributed by atoms with E-state index in [-0.39, 0.29) is 48.0 Å². The van der Waals surface area contributed by atoms with E-state index in [2.05, 4.69) is 59.0 Å². The number of nitrogens with zero attached hydrogens (tertiary/aromatic N) is 3. The number of pyridine rings is 3. The van der Waals surface area contributed by atoms with Crippen molar-refractivity contribution in [2.75, 3.05) is 0 Å². The zero-order valence-corrected chi connectivity index (χ0v) is 28.5. The molecule has 0 spiro atoms. The minimum absolute atomic E-state index is 0. The predicted molar refractivity (Wildman–Crippen MR) is 187 cm³/mol. The molecule has 5 nitrogen and oxygen atoms in total. The van der Waals surface area contributed by atoms with Gasteiger partial charge in [0, 0.05) is 55.6 Å². The zero-order chi connectivity index (χ0) is 38.8. The van der Waals surface area contributed by atoms with Gasteiger partial charge in [-0.25, -0.2) is 0 Å². The van der Waals surface area contributed by atoms with E-state index < -0.39 is 39.8 Å². The Bertz CT molecular complexity index is 2660. The van der Waals surface area contributed by atoms with Crippen LogP contribution >= 0.6 is 0 Å². The van der Waals surface area contributed by atoms with Gasteiger partial charge in [-0.2, -0.15) is 0 Å². The molecule has 46 heavy (non-hydrogen) atoms. The van der Waals surface area contributed by atoms with Crippen LogP contribution in [0.15, 0.2) is 100 Å². The summed E-state index contributed by atoms with van der Waals surface area (Å²) in [4.78, 5) is 12.8. The van der Waals surface area contributed by atoms with E-state index in [1.807, 2.05) is 54.7 Å². The number of furan rings is 2. The Kier molecular flexibility index (Phi) is 5.98. The van der Waals surface area contributed by atoms with E-state index >= 15 is 0 Å². The maximum atomic E-state index is 8.10. The number of aryl methyl sites for hydroxylation is 3. The summed E-state index contributed by atoms with van der Waals surface area (Å²) in [5.41, 5.74) is 2.54. The van der Waals surface area contributed by atoms with Gasteiger partial charge in [0.25, 0.3) is 0 Å². The molecule has 7 heteroatoms. The Morgan fingerprint density at radius 3 is 2.26 bits per heavy atom. The predicted octanol–water partition coefficient (Wildman–Crippen LogP) is 9.76. The van der Waals surface area contributed by atoms with E-state index in [1.54, 1.807) is 12.1 Å². The van der Waals surface area contributed by atoms with Crippen LogP contribution in [0.1, 0.15) is 29.2 Å². The molecule has 5 heterocycles. The van der Waals surface area contributed by atoms with Gasteiger partial charge in [0.05, 0.1) is 19.0 Å². The van der Waals surface area contributed by atoms with Crippen molar-refractivity contribution in [2.45, 2.75) is 40.2 Å². The zero-order valence-electron chi connectivity index (χ0n) is 34.2. The van der Waals surface area contributed by atoms with E-state index in [0.717, 1.165) is 34.3 Å². The number of hydrogen-bond acceptors (Lipinski definition) is 5. The number of para-hydroxylation sites is 1. The van der Waals surface area contributed by atoms with Crippen molar-refractivity contribution in [3.8, 4) is 22.5 Å². The number of fused-ring (bicyclic) bond motifs is 7. The number of rotatable bonds is 3. The summed E-state index contributed by atoms with van der Waals surface area (Å²) in [5.74, 6) is 0. The quantitative estimate of drug-likeness (QED) is 0.132. The molecule has 0 atom stereocenters. The van der Waals surface area contributed by atoms with Crippen molar-refractivity contribution in [1.29, 1.82) is 0 Å². The van der Waals surface area contributed by atoms with Crippen LogP contribution in [-0.4, -0.2) is 23.0 Å². The molecule has 0 fully saturated rings. The standard InChI is InChI=1S/C25H17N2O2.C14H16NSi.Ir/c1-13-10-19(27-11-14(13)2)18-12-26-15(3)22-23-21(29-25(18)22)9-8-17-16-6-4-5-7-20(16)28-24(17)23;1-16(2,3)13-9-10-14(15-11-13)12-7-5-4-6-8-12;/h4-11H,1-3H3;4-7,9-11H,1-3H3;/q2*-1;/i1D3,2D3,3D3;;. The van der Waals surface area contributed by atoms with E-state index in [0.29, 0.717) is 22.1 Å². The van der Waals surface area contributed by atoms with Crippen LogP contribution in [0.3, 0.4) is 0 Å². The average Bonchev–Trinajstić information content (AvgIpc) is 3.69. The van der Waals surface area contributed by atoms with E-state index in [1.165, 1.54) is 5.19 Å². The molecule has 231 valence electrons. The van der Waals surface area contributed by atoms with Gasteiger partial charge >= 0.3 is 0 Å². The third-order valence-corrected chi connectivity index (χ3v) is 9.74. The largest absolute Gasteiger partial charge is 0.500 e.